The number of aromatic nitrogens is 1. The van der Waals surface area contributed by atoms with Gasteiger partial charge >= 0.3 is 0 Å². The minimum Gasteiger partial charge on any atom is -0.383 e. The van der Waals surface area contributed by atoms with Gasteiger partial charge in [-0.05, 0) is 12.1 Å². The number of rotatable bonds is 5. The lowest BCUT2D eigenvalue weighted by Gasteiger charge is -2.28. The standard InChI is InChI=1S/C13H19N3O3/c1-18-7-4-15-13(17)12-10-11(2-3-14-12)16-5-8-19-9-6-16/h2-3,10H,4-9H2,1H3,(H,15,17). The summed E-state index contributed by atoms with van der Waals surface area (Å²) in [4.78, 5) is 18.2. The van der Waals surface area contributed by atoms with Crippen LogP contribution in [0.25, 0.3) is 0 Å². The Morgan fingerprint density at radius 2 is 2.32 bits per heavy atom. The van der Waals surface area contributed by atoms with E-state index in [-0.39, 0.29) is 5.91 Å². The lowest BCUT2D eigenvalue weighted by atomic mass is 10.2. The summed E-state index contributed by atoms with van der Waals surface area (Å²) in [7, 11) is 1.60. The van der Waals surface area contributed by atoms with Crippen molar-refractivity contribution in [1.29, 1.82) is 0 Å². The van der Waals surface area contributed by atoms with Gasteiger partial charge in [-0.3, -0.25) is 9.78 Å². The molecule has 0 aromatic carbocycles. The fraction of sp³-hybridized carbons (Fsp3) is 0.538. The highest BCUT2D eigenvalue weighted by molar-refractivity contribution is 5.93. The zero-order valence-corrected chi connectivity index (χ0v) is 11.1. The van der Waals surface area contributed by atoms with Gasteiger partial charge in [0.1, 0.15) is 5.69 Å². The molecule has 0 saturated carbocycles. The van der Waals surface area contributed by atoms with E-state index < -0.39 is 0 Å². The van der Waals surface area contributed by atoms with Gasteiger partial charge in [0.15, 0.2) is 0 Å². The fourth-order valence-electron chi connectivity index (χ4n) is 1.92. The topological polar surface area (TPSA) is 63.7 Å². The van der Waals surface area contributed by atoms with E-state index in [0.29, 0.717) is 18.8 Å². The van der Waals surface area contributed by atoms with E-state index in [0.717, 1.165) is 32.0 Å². The van der Waals surface area contributed by atoms with Crippen LogP contribution < -0.4 is 10.2 Å². The molecule has 0 atom stereocenters. The SMILES string of the molecule is COCCNC(=O)c1cc(N2CCOCC2)ccn1. The molecule has 1 amide bonds. The van der Waals surface area contributed by atoms with Crippen molar-refractivity contribution < 1.29 is 14.3 Å². The number of ether oxygens (including phenoxy) is 2. The van der Waals surface area contributed by atoms with Crippen molar-refractivity contribution in [2.45, 2.75) is 0 Å². The summed E-state index contributed by atoms with van der Waals surface area (Å²) in [6.07, 6.45) is 1.66. The number of carbonyl (C=O) groups is 1. The van der Waals surface area contributed by atoms with Crippen LogP contribution in [0.4, 0.5) is 5.69 Å². The minimum absolute atomic E-state index is 0.174. The van der Waals surface area contributed by atoms with Gasteiger partial charge in [-0.15, -0.1) is 0 Å². The van der Waals surface area contributed by atoms with E-state index in [2.05, 4.69) is 15.2 Å². The van der Waals surface area contributed by atoms with Crippen molar-refractivity contribution in [2.24, 2.45) is 0 Å². The smallest absolute Gasteiger partial charge is 0.270 e. The Kier molecular flexibility index (Phi) is 5.11. The molecule has 1 aliphatic rings. The van der Waals surface area contributed by atoms with Crippen molar-refractivity contribution in [3.63, 3.8) is 0 Å². The molecule has 19 heavy (non-hydrogen) atoms. The van der Waals surface area contributed by atoms with Crippen molar-refractivity contribution in [3.8, 4) is 0 Å². The highest BCUT2D eigenvalue weighted by atomic mass is 16.5. The van der Waals surface area contributed by atoms with Gasteiger partial charge in [-0.1, -0.05) is 0 Å². The first kappa shape index (κ1) is 13.8. The van der Waals surface area contributed by atoms with Gasteiger partial charge in [0, 0.05) is 38.6 Å². The third kappa shape index (κ3) is 3.90. The van der Waals surface area contributed by atoms with Gasteiger partial charge in [0.25, 0.3) is 5.91 Å². The first-order valence-electron chi connectivity index (χ1n) is 6.37. The number of hydrogen-bond donors (Lipinski definition) is 1. The van der Waals surface area contributed by atoms with Crippen LogP contribution in [0, 0.1) is 0 Å². The Bertz CT molecular complexity index is 419. The van der Waals surface area contributed by atoms with Crippen LogP contribution in [0.15, 0.2) is 18.3 Å². The molecule has 1 fully saturated rings. The van der Waals surface area contributed by atoms with Crippen LogP contribution in [-0.4, -0.2) is 57.5 Å². The summed E-state index contributed by atoms with van der Waals surface area (Å²) in [6.45, 7) is 4.10. The van der Waals surface area contributed by atoms with E-state index in [1.807, 2.05) is 12.1 Å². The minimum atomic E-state index is -0.174. The van der Waals surface area contributed by atoms with Crippen LogP contribution in [-0.2, 0) is 9.47 Å². The molecule has 1 aromatic rings. The van der Waals surface area contributed by atoms with E-state index >= 15 is 0 Å². The average Bonchev–Trinajstić information content (AvgIpc) is 2.48. The predicted molar refractivity (Wildman–Crippen MR) is 71.5 cm³/mol. The van der Waals surface area contributed by atoms with Crippen LogP contribution in [0.5, 0.6) is 0 Å². The van der Waals surface area contributed by atoms with Crippen LogP contribution >= 0.6 is 0 Å². The number of nitrogens with zero attached hydrogens (tertiary/aromatic N) is 2. The predicted octanol–water partition coefficient (Wildman–Crippen LogP) is 0.294. The highest BCUT2D eigenvalue weighted by Crippen LogP contribution is 2.15. The molecule has 0 unspecified atom stereocenters. The lowest BCUT2D eigenvalue weighted by Crippen LogP contribution is -2.36. The zero-order valence-electron chi connectivity index (χ0n) is 11.1. The molecule has 6 nitrogen and oxygen atoms in total. The number of morpholine rings is 1. The lowest BCUT2D eigenvalue weighted by molar-refractivity contribution is 0.0932. The van der Waals surface area contributed by atoms with Crippen molar-refractivity contribution in [2.75, 3.05) is 51.5 Å². The average molecular weight is 265 g/mol. The molecule has 1 saturated heterocycles. The van der Waals surface area contributed by atoms with E-state index in [4.69, 9.17) is 9.47 Å². The Morgan fingerprint density at radius 1 is 1.53 bits per heavy atom. The number of pyridine rings is 1. The summed E-state index contributed by atoms with van der Waals surface area (Å²) in [5.74, 6) is -0.174. The first-order chi connectivity index (χ1) is 9.31. The molecule has 104 valence electrons. The zero-order chi connectivity index (χ0) is 13.5. The van der Waals surface area contributed by atoms with Gasteiger partial charge in [0.2, 0.25) is 0 Å². The summed E-state index contributed by atoms with van der Waals surface area (Å²) in [5.41, 5.74) is 1.44. The molecule has 6 heteroatoms. The second-order valence-corrected chi connectivity index (χ2v) is 4.25. The third-order valence-electron chi connectivity index (χ3n) is 2.94. The normalized spacial score (nSPS) is 15.3. The van der Waals surface area contributed by atoms with Gasteiger partial charge in [-0.25, -0.2) is 0 Å². The van der Waals surface area contributed by atoms with Gasteiger partial charge < -0.3 is 19.7 Å². The number of carbonyl (C=O) groups excluding carboxylic acids is 1. The number of nitrogens with one attached hydrogen (secondary N) is 1. The Morgan fingerprint density at radius 3 is 3.05 bits per heavy atom. The summed E-state index contributed by atoms with van der Waals surface area (Å²) >= 11 is 0. The first-order valence-corrected chi connectivity index (χ1v) is 6.37. The quantitative estimate of drug-likeness (QED) is 0.776. The van der Waals surface area contributed by atoms with E-state index in [1.54, 1.807) is 13.3 Å². The Balaban J connectivity index is 1.99. The second-order valence-electron chi connectivity index (χ2n) is 4.25. The molecule has 0 radical (unpaired) electrons. The van der Waals surface area contributed by atoms with Gasteiger partial charge in [-0.2, -0.15) is 0 Å². The van der Waals surface area contributed by atoms with Crippen LogP contribution in [0.2, 0.25) is 0 Å². The molecule has 0 aliphatic carbocycles. The number of amides is 1. The van der Waals surface area contributed by atoms with E-state index in [9.17, 15) is 4.79 Å². The number of anilines is 1. The molecule has 0 bridgehead atoms. The largest absolute Gasteiger partial charge is 0.383 e. The maximum absolute atomic E-state index is 11.9. The van der Waals surface area contributed by atoms with Crippen LogP contribution in [0.1, 0.15) is 10.5 Å². The maximum atomic E-state index is 11.9. The Hall–Kier alpha value is -1.66. The molecule has 1 aliphatic heterocycles. The third-order valence-corrected chi connectivity index (χ3v) is 2.94. The molecule has 1 aromatic heterocycles. The molecule has 0 spiro atoms. The molecule has 1 N–H and O–H groups in total. The second kappa shape index (κ2) is 7.06. The number of methoxy groups -OCH3 is 1. The summed E-state index contributed by atoms with van der Waals surface area (Å²) < 4.78 is 10.2. The molecule has 2 heterocycles. The van der Waals surface area contributed by atoms with Crippen molar-refractivity contribution in [3.05, 3.63) is 24.0 Å². The van der Waals surface area contributed by atoms with E-state index in [1.165, 1.54) is 0 Å². The highest BCUT2D eigenvalue weighted by Gasteiger charge is 2.13. The Labute approximate surface area is 112 Å². The fourth-order valence-corrected chi connectivity index (χ4v) is 1.92. The summed E-state index contributed by atoms with van der Waals surface area (Å²) in [5, 5.41) is 2.76. The molecular weight excluding hydrogens is 246 g/mol. The van der Waals surface area contributed by atoms with Gasteiger partial charge in [0.05, 0.1) is 19.8 Å². The number of hydrogen-bond acceptors (Lipinski definition) is 5. The maximum Gasteiger partial charge on any atom is 0.270 e. The van der Waals surface area contributed by atoms with Crippen molar-refractivity contribution >= 4 is 11.6 Å². The summed E-state index contributed by atoms with van der Waals surface area (Å²) in [6, 6.07) is 3.73. The van der Waals surface area contributed by atoms with Crippen molar-refractivity contribution in [1.82, 2.24) is 10.3 Å². The van der Waals surface area contributed by atoms with Crippen LogP contribution in [0.3, 0.4) is 0 Å². The molecule has 2 rings (SSSR count). The molecular formula is C13H19N3O3. The monoisotopic (exact) mass is 265 g/mol.